The third kappa shape index (κ3) is 3.80. The van der Waals surface area contributed by atoms with E-state index in [4.69, 9.17) is 14.2 Å². The summed E-state index contributed by atoms with van der Waals surface area (Å²) in [5.41, 5.74) is 2.57. The smallest absolute Gasteiger partial charge is 0.231 e. The van der Waals surface area contributed by atoms with Gasteiger partial charge in [0.2, 0.25) is 6.79 Å². The topological polar surface area (TPSA) is 55.9 Å². The van der Waals surface area contributed by atoms with Crippen LogP contribution in [0.15, 0.2) is 42.7 Å². The quantitative estimate of drug-likeness (QED) is 0.859. The van der Waals surface area contributed by atoms with E-state index in [-0.39, 0.29) is 0 Å². The number of rotatable bonds is 5. The van der Waals surface area contributed by atoms with Gasteiger partial charge in [-0.25, -0.2) is 0 Å². The molecule has 0 radical (unpaired) electrons. The molecule has 5 rings (SSSR count). The Balaban J connectivity index is 1.15. The maximum absolute atomic E-state index is 5.80. The molecule has 28 heavy (non-hydrogen) atoms. The highest BCUT2D eigenvalue weighted by atomic mass is 16.7. The fourth-order valence-corrected chi connectivity index (χ4v) is 4.49. The molecule has 2 saturated heterocycles. The Morgan fingerprint density at radius 2 is 1.82 bits per heavy atom. The summed E-state index contributed by atoms with van der Waals surface area (Å²) in [6.07, 6.45) is 7.09. The van der Waals surface area contributed by atoms with Crippen LogP contribution >= 0.6 is 0 Å². The molecule has 1 N–H and O–H groups in total. The van der Waals surface area contributed by atoms with Crippen molar-refractivity contribution in [3.05, 3.63) is 48.3 Å². The van der Waals surface area contributed by atoms with Gasteiger partial charge in [-0.05, 0) is 49.1 Å². The van der Waals surface area contributed by atoms with Crippen LogP contribution in [0.25, 0.3) is 0 Å². The van der Waals surface area contributed by atoms with Crippen molar-refractivity contribution >= 4 is 5.69 Å². The van der Waals surface area contributed by atoms with Gasteiger partial charge in [-0.3, -0.25) is 4.98 Å². The van der Waals surface area contributed by atoms with Crippen molar-refractivity contribution in [2.75, 3.05) is 38.0 Å². The van der Waals surface area contributed by atoms with E-state index in [0.717, 1.165) is 57.1 Å². The van der Waals surface area contributed by atoms with Crippen LogP contribution in [0.1, 0.15) is 18.4 Å². The van der Waals surface area contributed by atoms with Crippen LogP contribution in [0, 0.1) is 5.92 Å². The van der Waals surface area contributed by atoms with Gasteiger partial charge in [-0.2, -0.15) is 0 Å². The molecule has 3 aliphatic heterocycles. The number of hydrogen-bond acceptors (Lipinski definition) is 6. The van der Waals surface area contributed by atoms with Crippen molar-refractivity contribution in [3.8, 4) is 11.5 Å². The minimum Gasteiger partial charge on any atom is -0.454 e. The van der Waals surface area contributed by atoms with Crippen molar-refractivity contribution in [2.45, 2.75) is 31.3 Å². The van der Waals surface area contributed by atoms with Gasteiger partial charge in [0, 0.05) is 55.2 Å². The van der Waals surface area contributed by atoms with Gasteiger partial charge in [-0.1, -0.05) is 0 Å². The van der Waals surface area contributed by atoms with Crippen LogP contribution in [-0.4, -0.2) is 50.2 Å². The first-order valence-corrected chi connectivity index (χ1v) is 10.2. The van der Waals surface area contributed by atoms with Crippen LogP contribution < -0.4 is 19.7 Å². The molecular weight excluding hydrogens is 354 g/mol. The molecule has 0 bridgehead atoms. The average molecular weight is 381 g/mol. The Morgan fingerprint density at radius 3 is 2.68 bits per heavy atom. The molecular formula is C22H27N3O3. The molecule has 2 atom stereocenters. The number of nitrogens with zero attached hydrogens (tertiary/aromatic N) is 2. The van der Waals surface area contributed by atoms with Gasteiger partial charge in [0.05, 0.1) is 13.2 Å². The Morgan fingerprint density at radius 1 is 1.00 bits per heavy atom. The fraction of sp³-hybridized carbons (Fsp3) is 0.500. The van der Waals surface area contributed by atoms with Crippen LogP contribution in [0.3, 0.4) is 0 Å². The zero-order chi connectivity index (χ0) is 18.8. The third-order valence-corrected chi connectivity index (χ3v) is 6.11. The molecule has 2 fully saturated rings. The molecule has 0 saturated carbocycles. The van der Waals surface area contributed by atoms with E-state index in [1.165, 1.54) is 11.3 Å². The molecule has 0 spiro atoms. The second kappa shape index (κ2) is 7.97. The Kier molecular flexibility index (Phi) is 5.06. The van der Waals surface area contributed by atoms with Crippen molar-refractivity contribution in [2.24, 2.45) is 5.92 Å². The first-order chi connectivity index (χ1) is 13.8. The van der Waals surface area contributed by atoms with Crippen LogP contribution in [0.4, 0.5) is 5.69 Å². The van der Waals surface area contributed by atoms with Gasteiger partial charge < -0.3 is 24.4 Å². The largest absolute Gasteiger partial charge is 0.454 e. The van der Waals surface area contributed by atoms with Crippen LogP contribution in [0.2, 0.25) is 0 Å². The highest BCUT2D eigenvalue weighted by Gasteiger charge is 2.31. The molecule has 0 unspecified atom stereocenters. The Bertz CT molecular complexity index is 793. The lowest BCUT2D eigenvalue weighted by atomic mass is 9.93. The number of pyridine rings is 1. The van der Waals surface area contributed by atoms with Crippen LogP contribution in [0.5, 0.6) is 11.5 Å². The molecule has 4 heterocycles. The van der Waals surface area contributed by atoms with Crippen molar-refractivity contribution in [1.82, 2.24) is 10.3 Å². The first-order valence-electron chi connectivity index (χ1n) is 10.2. The number of piperidine rings is 1. The molecule has 1 aromatic heterocycles. The standard InChI is InChI=1S/C22H27N3O3/c1-2-21-22(28-15-27-21)12-19(1)25-9-5-18(6-10-25)24-20-14-26-13-17(20)11-16-3-7-23-8-4-16/h1-4,7-8,12,17-18,20,24H,5-6,9-11,13-15H2/t17-,20+/m1/s1. The summed E-state index contributed by atoms with van der Waals surface area (Å²) in [4.78, 5) is 6.56. The monoisotopic (exact) mass is 381 g/mol. The molecule has 1 aromatic carbocycles. The number of ether oxygens (including phenoxy) is 3. The lowest BCUT2D eigenvalue weighted by Crippen LogP contribution is -2.48. The average Bonchev–Trinajstić information content (AvgIpc) is 3.38. The highest BCUT2D eigenvalue weighted by Crippen LogP contribution is 2.36. The van der Waals surface area contributed by atoms with Crippen molar-refractivity contribution < 1.29 is 14.2 Å². The SMILES string of the molecule is c1cc(C[C@@H]2COC[C@@H]2NC2CCN(c3ccc4c(c3)OCO4)CC2)ccn1. The van der Waals surface area contributed by atoms with Crippen LogP contribution in [-0.2, 0) is 11.2 Å². The minimum absolute atomic E-state index is 0.328. The van der Waals surface area contributed by atoms with Gasteiger partial charge in [-0.15, -0.1) is 0 Å². The van der Waals surface area contributed by atoms with E-state index in [1.54, 1.807) is 0 Å². The van der Waals surface area contributed by atoms with E-state index in [2.05, 4.69) is 39.5 Å². The molecule has 2 aromatic rings. The van der Waals surface area contributed by atoms with E-state index >= 15 is 0 Å². The first kappa shape index (κ1) is 17.8. The van der Waals surface area contributed by atoms with E-state index < -0.39 is 0 Å². The number of hydrogen-bond donors (Lipinski definition) is 1. The maximum atomic E-state index is 5.80. The van der Waals surface area contributed by atoms with E-state index in [9.17, 15) is 0 Å². The lowest BCUT2D eigenvalue weighted by molar-refractivity contribution is 0.174. The summed E-state index contributed by atoms with van der Waals surface area (Å²) in [6, 6.07) is 11.5. The summed E-state index contributed by atoms with van der Waals surface area (Å²) < 4.78 is 16.7. The van der Waals surface area contributed by atoms with Gasteiger partial charge in [0.15, 0.2) is 11.5 Å². The lowest BCUT2D eigenvalue weighted by Gasteiger charge is -2.36. The third-order valence-electron chi connectivity index (χ3n) is 6.11. The van der Waals surface area contributed by atoms with Gasteiger partial charge in [0.1, 0.15) is 0 Å². The zero-order valence-corrected chi connectivity index (χ0v) is 16.0. The maximum Gasteiger partial charge on any atom is 0.231 e. The molecule has 6 nitrogen and oxygen atoms in total. The summed E-state index contributed by atoms with van der Waals surface area (Å²) in [6.45, 7) is 4.10. The summed E-state index contributed by atoms with van der Waals surface area (Å²) in [5.74, 6) is 2.25. The summed E-state index contributed by atoms with van der Waals surface area (Å²) in [5, 5.41) is 3.89. The minimum atomic E-state index is 0.328. The molecule has 3 aliphatic rings. The highest BCUT2D eigenvalue weighted by molar-refractivity contribution is 5.57. The van der Waals surface area contributed by atoms with E-state index in [1.807, 2.05) is 18.5 Å². The predicted molar refractivity (Wildman–Crippen MR) is 107 cm³/mol. The van der Waals surface area contributed by atoms with Gasteiger partial charge >= 0.3 is 0 Å². The second-order valence-electron chi connectivity index (χ2n) is 7.93. The molecule has 6 heteroatoms. The normalized spacial score (nSPS) is 24.6. The number of aromatic nitrogens is 1. The summed E-state index contributed by atoms with van der Waals surface area (Å²) >= 11 is 0. The van der Waals surface area contributed by atoms with Crippen molar-refractivity contribution in [1.29, 1.82) is 0 Å². The molecule has 0 aliphatic carbocycles. The molecule has 0 amide bonds. The zero-order valence-electron chi connectivity index (χ0n) is 16.0. The number of fused-ring (bicyclic) bond motifs is 1. The van der Waals surface area contributed by atoms with E-state index in [0.29, 0.717) is 24.8 Å². The summed E-state index contributed by atoms with van der Waals surface area (Å²) in [7, 11) is 0. The fourth-order valence-electron chi connectivity index (χ4n) is 4.49. The Labute approximate surface area is 165 Å². The van der Waals surface area contributed by atoms with Gasteiger partial charge in [0.25, 0.3) is 0 Å². The number of nitrogens with one attached hydrogen (secondary N) is 1. The second-order valence-corrected chi connectivity index (χ2v) is 7.93. The predicted octanol–water partition coefficient (Wildman–Crippen LogP) is 2.63. The number of anilines is 1. The Hall–Kier alpha value is -2.31. The number of benzene rings is 1. The van der Waals surface area contributed by atoms with Crippen molar-refractivity contribution in [3.63, 3.8) is 0 Å². The molecule has 148 valence electrons.